The Bertz CT molecular complexity index is 3030. The summed E-state index contributed by atoms with van der Waals surface area (Å²) in [5.74, 6) is 0. The average molecular weight is 649 g/mol. The molecule has 4 nitrogen and oxygen atoms in total. The van der Waals surface area contributed by atoms with Gasteiger partial charge in [0.05, 0.1) is 22.7 Å². The van der Waals surface area contributed by atoms with Gasteiger partial charge in [0.1, 0.15) is 0 Å². The van der Waals surface area contributed by atoms with Gasteiger partial charge in [-0.15, -0.1) is 0 Å². The minimum atomic E-state index is 0.645. The van der Waals surface area contributed by atoms with E-state index in [2.05, 4.69) is 142 Å². The van der Waals surface area contributed by atoms with E-state index in [0.29, 0.717) is 5.56 Å². The van der Waals surface area contributed by atoms with Crippen LogP contribution in [0.15, 0.2) is 170 Å². The summed E-state index contributed by atoms with van der Waals surface area (Å²) in [6.07, 6.45) is 7.55. The highest BCUT2D eigenvalue weighted by atomic mass is 15.0. The molecule has 4 heteroatoms. The summed E-state index contributed by atoms with van der Waals surface area (Å²) in [7, 11) is 0. The molecular formula is C47H28N4. The monoisotopic (exact) mass is 648 g/mol. The molecule has 10 rings (SSSR count). The first-order valence-corrected chi connectivity index (χ1v) is 17.0. The van der Waals surface area contributed by atoms with Crippen LogP contribution in [-0.4, -0.2) is 14.5 Å². The lowest BCUT2D eigenvalue weighted by atomic mass is 9.85. The molecule has 0 spiro atoms. The number of rotatable bonds is 4. The van der Waals surface area contributed by atoms with Crippen LogP contribution in [-0.2, 0) is 0 Å². The molecule has 0 atom stereocenters. The third kappa shape index (κ3) is 4.60. The molecule has 3 aromatic heterocycles. The molecule has 0 radical (unpaired) electrons. The van der Waals surface area contributed by atoms with E-state index in [4.69, 9.17) is 0 Å². The molecular weight excluding hydrogens is 621 g/mol. The average Bonchev–Trinajstić information content (AvgIpc) is 3.53. The first-order valence-electron chi connectivity index (χ1n) is 17.0. The zero-order chi connectivity index (χ0) is 33.9. The third-order valence-electron chi connectivity index (χ3n) is 10.1. The van der Waals surface area contributed by atoms with Crippen molar-refractivity contribution in [2.75, 3.05) is 0 Å². The van der Waals surface area contributed by atoms with E-state index in [0.717, 1.165) is 66.1 Å². The number of fused-ring (bicyclic) bond motifs is 6. The fourth-order valence-corrected chi connectivity index (χ4v) is 7.87. The van der Waals surface area contributed by atoms with Crippen molar-refractivity contribution < 1.29 is 0 Å². The Balaban J connectivity index is 1.25. The quantitative estimate of drug-likeness (QED) is 0.178. The molecule has 7 aromatic carbocycles. The Morgan fingerprint density at radius 3 is 1.71 bits per heavy atom. The van der Waals surface area contributed by atoms with Gasteiger partial charge in [-0.05, 0) is 115 Å². The first kappa shape index (κ1) is 28.9. The van der Waals surface area contributed by atoms with E-state index in [-0.39, 0.29) is 0 Å². The summed E-state index contributed by atoms with van der Waals surface area (Å²) in [4.78, 5) is 9.01. The van der Waals surface area contributed by atoms with Crippen molar-refractivity contribution in [3.63, 3.8) is 0 Å². The zero-order valence-electron chi connectivity index (χ0n) is 27.5. The van der Waals surface area contributed by atoms with E-state index in [1.807, 2.05) is 49.1 Å². The summed E-state index contributed by atoms with van der Waals surface area (Å²) in [6.45, 7) is 0. The molecule has 0 aliphatic carbocycles. The predicted octanol–water partition coefficient (Wildman–Crippen LogP) is 11.9. The van der Waals surface area contributed by atoms with Crippen LogP contribution in [0.3, 0.4) is 0 Å². The van der Waals surface area contributed by atoms with Gasteiger partial charge in [0.2, 0.25) is 0 Å². The van der Waals surface area contributed by atoms with Crippen LogP contribution in [0.4, 0.5) is 0 Å². The number of hydrogen-bond donors (Lipinski definition) is 0. The maximum Gasteiger partial charge on any atom is 0.0991 e. The van der Waals surface area contributed by atoms with Gasteiger partial charge in [0.25, 0.3) is 0 Å². The van der Waals surface area contributed by atoms with Gasteiger partial charge in [0.15, 0.2) is 0 Å². The lowest BCUT2D eigenvalue weighted by Crippen LogP contribution is -1.94. The number of nitriles is 1. The van der Waals surface area contributed by atoms with Crippen LogP contribution < -0.4 is 0 Å². The Morgan fingerprint density at radius 1 is 0.431 bits per heavy atom. The molecule has 0 fully saturated rings. The molecule has 0 unspecified atom stereocenters. The summed E-state index contributed by atoms with van der Waals surface area (Å²) in [5, 5.41) is 19.1. The van der Waals surface area contributed by atoms with E-state index in [1.165, 1.54) is 27.1 Å². The fourth-order valence-electron chi connectivity index (χ4n) is 7.87. The van der Waals surface area contributed by atoms with Crippen LogP contribution in [0.2, 0.25) is 0 Å². The molecule has 236 valence electrons. The van der Waals surface area contributed by atoms with Gasteiger partial charge in [-0.1, -0.05) is 84.9 Å². The number of pyridine rings is 2. The highest BCUT2D eigenvalue weighted by molar-refractivity contribution is 6.22. The van der Waals surface area contributed by atoms with Crippen molar-refractivity contribution in [1.29, 1.82) is 5.26 Å². The van der Waals surface area contributed by atoms with Gasteiger partial charge in [-0.2, -0.15) is 5.26 Å². The number of aromatic nitrogens is 3. The second-order valence-corrected chi connectivity index (χ2v) is 13.0. The van der Waals surface area contributed by atoms with Crippen molar-refractivity contribution in [2.24, 2.45) is 0 Å². The summed E-state index contributed by atoms with van der Waals surface area (Å²) in [5.41, 5.74) is 10.6. The highest BCUT2D eigenvalue weighted by Crippen LogP contribution is 2.45. The maximum absolute atomic E-state index is 9.88. The highest BCUT2D eigenvalue weighted by Gasteiger charge is 2.19. The van der Waals surface area contributed by atoms with Gasteiger partial charge in [-0.25, -0.2) is 0 Å². The Hall–Kier alpha value is -7.09. The number of nitrogens with zero attached hydrogens (tertiary/aromatic N) is 4. The lowest BCUT2D eigenvalue weighted by Gasteiger charge is -2.18. The summed E-state index contributed by atoms with van der Waals surface area (Å²) in [6, 6.07) is 53.9. The molecule has 3 heterocycles. The van der Waals surface area contributed by atoms with Crippen molar-refractivity contribution in [1.82, 2.24) is 14.5 Å². The van der Waals surface area contributed by atoms with Crippen molar-refractivity contribution >= 4 is 54.1 Å². The Kier molecular flexibility index (Phi) is 6.52. The van der Waals surface area contributed by atoms with Gasteiger partial charge < -0.3 is 4.57 Å². The van der Waals surface area contributed by atoms with Crippen LogP contribution in [0.25, 0.3) is 93.2 Å². The minimum Gasteiger partial charge on any atom is -0.309 e. The lowest BCUT2D eigenvalue weighted by molar-refractivity contribution is 1.19. The van der Waals surface area contributed by atoms with E-state index < -0.39 is 0 Å². The number of benzene rings is 7. The van der Waals surface area contributed by atoms with E-state index in [1.54, 1.807) is 0 Å². The molecule has 10 aromatic rings. The molecule has 0 aliphatic rings. The zero-order valence-corrected chi connectivity index (χ0v) is 27.5. The fraction of sp³-hybridized carbons (Fsp3) is 0. The molecule has 0 saturated carbocycles. The van der Waals surface area contributed by atoms with E-state index >= 15 is 0 Å². The van der Waals surface area contributed by atoms with Crippen LogP contribution in [0.5, 0.6) is 0 Å². The summed E-state index contributed by atoms with van der Waals surface area (Å²) < 4.78 is 2.31. The van der Waals surface area contributed by atoms with Gasteiger partial charge in [0, 0.05) is 52.4 Å². The second kappa shape index (κ2) is 11.5. The van der Waals surface area contributed by atoms with E-state index in [9.17, 15) is 5.26 Å². The topological polar surface area (TPSA) is 54.5 Å². The van der Waals surface area contributed by atoms with Crippen molar-refractivity contribution in [2.45, 2.75) is 0 Å². The molecule has 0 aliphatic heterocycles. The smallest absolute Gasteiger partial charge is 0.0991 e. The Labute approximate surface area is 294 Å². The largest absolute Gasteiger partial charge is 0.309 e. The summed E-state index contributed by atoms with van der Waals surface area (Å²) >= 11 is 0. The normalized spacial score (nSPS) is 11.5. The third-order valence-corrected chi connectivity index (χ3v) is 10.1. The van der Waals surface area contributed by atoms with Crippen molar-refractivity contribution in [3.8, 4) is 45.1 Å². The van der Waals surface area contributed by atoms with Gasteiger partial charge in [-0.3, -0.25) is 9.97 Å². The molecule has 0 saturated heterocycles. The standard InChI is InChI=1S/C47H28N4/c48-27-30-13-19-44-41(23-30)42-25-34(16-20-45(42)51(44)37-17-14-31-7-1-2-8-32(31)24-37)33-15-18-40-43(26-33)47(36-10-6-22-50-29-36)39-12-4-3-11-38(39)46(40)35-9-5-21-49-28-35/h1-26,28-29H. The maximum atomic E-state index is 9.88. The molecule has 0 amide bonds. The van der Waals surface area contributed by atoms with Crippen LogP contribution >= 0.6 is 0 Å². The molecule has 51 heavy (non-hydrogen) atoms. The molecule has 0 N–H and O–H groups in total. The first-order chi connectivity index (χ1) is 25.2. The van der Waals surface area contributed by atoms with Crippen LogP contribution in [0.1, 0.15) is 5.56 Å². The minimum absolute atomic E-state index is 0.645. The van der Waals surface area contributed by atoms with Crippen LogP contribution in [0, 0.1) is 11.3 Å². The van der Waals surface area contributed by atoms with Crippen molar-refractivity contribution in [3.05, 3.63) is 176 Å². The Morgan fingerprint density at radius 2 is 1.02 bits per heavy atom. The molecule has 0 bridgehead atoms. The number of hydrogen-bond acceptors (Lipinski definition) is 3. The second-order valence-electron chi connectivity index (χ2n) is 13.0. The predicted molar refractivity (Wildman–Crippen MR) is 210 cm³/mol. The van der Waals surface area contributed by atoms with Gasteiger partial charge >= 0.3 is 0 Å². The SMILES string of the molecule is N#Cc1ccc2c(c1)c1cc(-c3ccc4c(-c5cccnc5)c5ccccc5c(-c5cccnc5)c4c3)ccc1n2-c1ccc2ccccc2c1.